The van der Waals surface area contributed by atoms with Crippen LogP contribution in [0.4, 0.5) is 5.82 Å². The van der Waals surface area contributed by atoms with Gasteiger partial charge in [-0.25, -0.2) is 0 Å². The number of aromatic amines is 1. The van der Waals surface area contributed by atoms with E-state index in [9.17, 15) is 9.59 Å². The largest absolute Gasteiger partial charge is 0.337 e. The molecular weight excluding hydrogens is 364 g/mol. The SMILES string of the molecule is O=C(Nc1ccc(C(=O)N2CCN(Cc3ccccc3)CC2)[nH]1)c1ccccc1. The van der Waals surface area contributed by atoms with Gasteiger partial charge in [-0.2, -0.15) is 0 Å². The lowest BCUT2D eigenvalue weighted by Crippen LogP contribution is -2.48. The molecule has 1 aliphatic heterocycles. The quantitative estimate of drug-likeness (QED) is 0.705. The molecule has 3 aromatic rings. The number of hydrogen-bond acceptors (Lipinski definition) is 3. The number of anilines is 1. The summed E-state index contributed by atoms with van der Waals surface area (Å²) >= 11 is 0. The molecule has 1 aliphatic rings. The van der Waals surface area contributed by atoms with E-state index in [1.165, 1.54) is 5.56 Å². The Bertz CT molecular complexity index is 961. The van der Waals surface area contributed by atoms with Gasteiger partial charge in [0.1, 0.15) is 11.5 Å². The van der Waals surface area contributed by atoms with Gasteiger partial charge < -0.3 is 15.2 Å². The fourth-order valence-corrected chi connectivity index (χ4v) is 3.50. The summed E-state index contributed by atoms with van der Waals surface area (Å²) in [5.74, 6) is 0.274. The molecule has 4 rings (SSSR count). The molecule has 1 saturated heterocycles. The van der Waals surface area contributed by atoms with Crippen LogP contribution in [0.1, 0.15) is 26.4 Å². The summed E-state index contributed by atoms with van der Waals surface area (Å²) in [5.41, 5.74) is 2.35. The first kappa shape index (κ1) is 19.0. The van der Waals surface area contributed by atoms with Crippen LogP contribution in [0.25, 0.3) is 0 Å². The summed E-state index contributed by atoms with van der Waals surface area (Å²) in [4.78, 5) is 32.3. The minimum atomic E-state index is -0.207. The molecule has 1 aromatic heterocycles. The van der Waals surface area contributed by atoms with Gasteiger partial charge in [-0.15, -0.1) is 0 Å². The lowest BCUT2D eigenvalue weighted by molar-refractivity contribution is 0.0623. The van der Waals surface area contributed by atoms with Crippen LogP contribution in [0.15, 0.2) is 72.8 Å². The second kappa shape index (κ2) is 8.75. The Balaban J connectivity index is 1.31. The summed E-state index contributed by atoms with van der Waals surface area (Å²) in [5, 5.41) is 2.80. The van der Waals surface area contributed by atoms with Gasteiger partial charge >= 0.3 is 0 Å². The highest BCUT2D eigenvalue weighted by molar-refractivity contribution is 6.04. The Kier molecular flexibility index (Phi) is 5.72. The first-order valence-corrected chi connectivity index (χ1v) is 9.80. The minimum Gasteiger partial charge on any atom is -0.337 e. The van der Waals surface area contributed by atoms with Crippen LogP contribution < -0.4 is 5.32 Å². The summed E-state index contributed by atoms with van der Waals surface area (Å²) in [6, 6.07) is 22.8. The maximum absolute atomic E-state index is 12.8. The van der Waals surface area contributed by atoms with E-state index in [0.29, 0.717) is 30.2 Å². The first-order valence-electron chi connectivity index (χ1n) is 9.80. The van der Waals surface area contributed by atoms with Crippen molar-refractivity contribution in [2.24, 2.45) is 0 Å². The van der Waals surface area contributed by atoms with Crippen molar-refractivity contribution >= 4 is 17.6 Å². The van der Waals surface area contributed by atoms with Crippen LogP contribution in [0.3, 0.4) is 0 Å². The summed E-state index contributed by atoms with van der Waals surface area (Å²) in [6.45, 7) is 3.98. The van der Waals surface area contributed by atoms with Crippen LogP contribution in [-0.2, 0) is 6.54 Å². The lowest BCUT2D eigenvalue weighted by atomic mass is 10.2. The maximum Gasteiger partial charge on any atom is 0.270 e. The van der Waals surface area contributed by atoms with Crippen LogP contribution in [0.5, 0.6) is 0 Å². The highest BCUT2D eigenvalue weighted by Crippen LogP contribution is 2.14. The fourth-order valence-electron chi connectivity index (χ4n) is 3.50. The van der Waals surface area contributed by atoms with Crippen molar-refractivity contribution in [1.29, 1.82) is 0 Å². The average molecular weight is 388 g/mol. The zero-order chi connectivity index (χ0) is 20.1. The number of carbonyl (C=O) groups excluding carboxylic acids is 2. The third kappa shape index (κ3) is 4.73. The van der Waals surface area contributed by atoms with E-state index in [2.05, 4.69) is 39.5 Å². The van der Waals surface area contributed by atoms with Gasteiger partial charge in [0.15, 0.2) is 0 Å². The third-order valence-electron chi connectivity index (χ3n) is 5.11. The van der Waals surface area contributed by atoms with Crippen molar-refractivity contribution in [3.63, 3.8) is 0 Å². The number of H-pyrrole nitrogens is 1. The Morgan fingerprint density at radius 1 is 0.828 bits per heavy atom. The maximum atomic E-state index is 12.8. The second-order valence-electron chi connectivity index (χ2n) is 7.16. The number of nitrogens with one attached hydrogen (secondary N) is 2. The molecule has 0 aliphatic carbocycles. The van der Waals surface area contributed by atoms with E-state index < -0.39 is 0 Å². The Hall–Kier alpha value is -3.38. The number of piperazine rings is 1. The Morgan fingerprint density at radius 3 is 2.17 bits per heavy atom. The average Bonchev–Trinajstić information content (AvgIpc) is 3.23. The smallest absolute Gasteiger partial charge is 0.270 e. The Morgan fingerprint density at radius 2 is 1.48 bits per heavy atom. The number of nitrogens with zero attached hydrogens (tertiary/aromatic N) is 2. The van der Waals surface area contributed by atoms with Crippen molar-refractivity contribution in [1.82, 2.24) is 14.8 Å². The summed E-state index contributed by atoms with van der Waals surface area (Å²) < 4.78 is 0. The molecule has 6 nitrogen and oxygen atoms in total. The van der Waals surface area contributed by atoms with Crippen molar-refractivity contribution in [3.05, 3.63) is 89.6 Å². The second-order valence-corrected chi connectivity index (χ2v) is 7.16. The highest BCUT2D eigenvalue weighted by Gasteiger charge is 2.23. The zero-order valence-electron chi connectivity index (χ0n) is 16.2. The molecule has 0 atom stereocenters. The molecule has 6 heteroatoms. The number of hydrogen-bond donors (Lipinski definition) is 2. The molecular formula is C23H24N4O2. The van der Waals surface area contributed by atoms with Crippen LogP contribution in [0, 0.1) is 0 Å². The van der Waals surface area contributed by atoms with E-state index in [-0.39, 0.29) is 11.8 Å². The zero-order valence-corrected chi connectivity index (χ0v) is 16.2. The first-order chi connectivity index (χ1) is 14.2. The van der Waals surface area contributed by atoms with Crippen molar-refractivity contribution in [2.45, 2.75) is 6.54 Å². The number of amides is 2. The molecule has 1 fully saturated rings. The summed E-state index contributed by atoms with van der Waals surface area (Å²) in [6.07, 6.45) is 0. The van der Waals surface area contributed by atoms with Gasteiger partial charge in [0, 0.05) is 38.3 Å². The van der Waals surface area contributed by atoms with E-state index >= 15 is 0 Å². The molecule has 0 saturated carbocycles. The van der Waals surface area contributed by atoms with Gasteiger partial charge in [0.25, 0.3) is 11.8 Å². The van der Waals surface area contributed by atoms with Crippen molar-refractivity contribution in [2.75, 3.05) is 31.5 Å². The molecule has 148 valence electrons. The van der Waals surface area contributed by atoms with E-state index in [0.717, 1.165) is 19.6 Å². The Labute approximate surface area is 170 Å². The predicted octanol–water partition coefficient (Wildman–Crippen LogP) is 3.23. The third-order valence-corrected chi connectivity index (χ3v) is 5.11. The number of rotatable bonds is 5. The van der Waals surface area contributed by atoms with Gasteiger partial charge in [0.05, 0.1) is 0 Å². The minimum absolute atomic E-state index is 0.0374. The van der Waals surface area contributed by atoms with E-state index in [1.807, 2.05) is 29.2 Å². The lowest BCUT2D eigenvalue weighted by Gasteiger charge is -2.34. The van der Waals surface area contributed by atoms with Gasteiger partial charge in [0.2, 0.25) is 0 Å². The predicted molar refractivity (Wildman–Crippen MR) is 113 cm³/mol. The number of carbonyl (C=O) groups is 2. The molecule has 29 heavy (non-hydrogen) atoms. The van der Waals surface area contributed by atoms with Crippen LogP contribution in [-0.4, -0.2) is 52.8 Å². The van der Waals surface area contributed by atoms with Crippen LogP contribution >= 0.6 is 0 Å². The van der Waals surface area contributed by atoms with Gasteiger partial charge in [-0.1, -0.05) is 48.5 Å². The van der Waals surface area contributed by atoms with E-state index in [4.69, 9.17) is 0 Å². The monoisotopic (exact) mass is 388 g/mol. The number of benzene rings is 2. The topological polar surface area (TPSA) is 68.4 Å². The molecule has 0 spiro atoms. The molecule has 0 unspecified atom stereocenters. The van der Waals surface area contributed by atoms with Crippen molar-refractivity contribution in [3.8, 4) is 0 Å². The fraction of sp³-hybridized carbons (Fsp3) is 0.217. The van der Waals surface area contributed by atoms with E-state index in [1.54, 1.807) is 24.3 Å². The molecule has 2 aromatic carbocycles. The standard InChI is InChI=1S/C23H24N4O2/c28-22(19-9-5-2-6-10-19)25-21-12-11-20(24-21)23(29)27-15-13-26(14-16-27)17-18-7-3-1-4-8-18/h1-12,24H,13-17H2,(H,25,28). The normalized spacial score (nSPS) is 14.6. The highest BCUT2D eigenvalue weighted by atomic mass is 16.2. The molecule has 0 bridgehead atoms. The van der Waals surface area contributed by atoms with Crippen molar-refractivity contribution < 1.29 is 9.59 Å². The molecule has 2 heterocycles. The van der Waals surface area contributed by atoms with Crippen LogP contribution in [0.2, 0.25) is 0 Å². The number of aromatic nitrogens is 1. The van der Waals surface area contributed by atoms with Gasteiger partial charge in [-0.3, -0.25) is 14.5 Å². The van der Waals surface area contributed by atoms with Gasteiger partial charge in [-0.05, 0) is 29.8 Å². The molecule has 2 amide bonds. The summed E-state index contributed by atoms with van der Waals surface area (Å²) in [7, 11) is 0. The molecule has 0 radical (unpaired) electrons. The molecule has 2 N–H and O–H groups in total.